The van der Waals surface area contributed by atoms with E-state index in [2.05, 4.69) is 0 Å². The third kappa shape index (κ3) is 1.62. The second-order valence-electron chi connectivity index (χ2n) is 3.52. The molecule has 16 heavy (non-hydrogen) atoms. The van der Waals surface area contributed by atoms with Gasteiger partial charge in [0.2, 0.25) is 0 Å². The lowest BCUT2D eigenvalue weighted by atomic mass is 9.93. The summed E-state index contributed by atoms with van der Waals surface area (Å²) < 4.78 is 10.8. The number of rotatable bonds is 3. The third-order valence-corrected chi connectivity index (χ3v) is 2.68. The molecule has 0 saturated heterocycles. The van der Waals surface area contributed by atoms with Crippen LogP contribution >= 0.6 is 0 Å². The van der Waals surface area contributed by atoms with Crippen LogP contribution in [0.25, 0.3) is 10.8 Å². The number of hydrogen-bond donors (Lipinski definition) is 0. The summed E-state index contributed by atoms with van der Waals surface area (Å²) >= 11 is 0. The van der Waals surface area contributed by atoms with E-state index in [0.717, 1.165) is 27.8 Å². The van der Waals surface area contributed by atoms with Crippen LogP contribution < -0.4 is 9.47 Å². The number of hydrogen-bond acceptors (Lipinski definition) is 2. The maximum absolute atomic E-state index is 5.71. The van der Waals surface area contributed by atoms with Crippen molar-refractivity contribution in [3.05, 3.63) is 35.9 Å². The highest BCUT2D eigenvalue weighted by atomic mass is 16.5. The molecule has 2 nitrogen and oxygen atoms in total. The van der Waals surface area contributed by atoms with Crippen LogP contribution in [0, 0.1) is 0 Å². The molecule has 0 aromatic heterocycles. The lowest BCUT2D eigenvalue weighted by Crippen LogP contribution is -1.96. The van der Waals surface area contributed by atoms with Gasteiger partial charge in [-0.15, -0.1) is 0 Å². The second kappa shape index (κ2) is 4.48. The van der Waals surface area contributed by atoms with Gasteiger partial charge in [-0.05, 0) is 11.6 Å². The van der Waals surface area contributed by atoms with E-state index in [1.165, 1.54) is 0 Å². The Hall–Kier alpha value is -1.64. The Morgan fingerprint density at radius 1 is 1.06 bits per heavy atom. The van der Waals surface area contributed by atoms with Gasteiger partial charge in [0, 0.05) is 10.8 Å². The highest BCUT2D eigenvalue weighted by molar-refractivity contribution is 6.09. The predicted molar refractivity (Wildman–Crippen MR) is 66.5 cm³/mol. The van der Waals surface area contributed by atoms with Crippen LogP contribution in [0.15, 0.2) is 30.3 Å². The van der Waals surface area contributed by atoms with Gasteiger partial charge in [0.05, 0.1) is 22.1 Å². The standard InChI is InChI=1S/C13H13BO2/c1-15-12-7-9(8-14)13(16-2)11-6-4-3-5-10(11)12/h3-7H,8H2,1-2H3. The van der Waals surface area contributed by atoms with Crippen molar-refractivity contribution in [3.8, 4) is 11.5 Å². The van der Waals surface area contributed by atoms with Gasteiger partial charge in [0.25, 0.3) is 0 Å². The lowest BCUT2D eigenvalue weighted by molar-refractivity contribution is 0.407. The van der Waals surface area contributed by atoms with Gasteiger partial charge in [0.15, 0.2) is 0 Å². The van der Waals surface area contributed by atoms with Gasteiger partial charge in [-0.25, -0.2) is 0 Å². The van der Waals surface area contributed by atoms with Gasteiger partial charge in [0.1, 0.15) is 11.5 Å². The molecule has 0 amide bonds. The maximum atomic E-state index is 5.71. The van der Waals surface area contributed by atoms with Crippen LogP contribution in [0.3, 0.4) is 0 Å². The summed E-state index contributed by atoms with van der Waals surface area (Å²) in [5.41, 5.74) is 0.957. The van der Waals surface area contributed by atoms with Crippen molar-refractivity contribution in [1.82, 2.24) is 0 Å². The van der Waals surface area contributed by atoms with Crippen molar-refractivity contribution in [2.45, 2.75) is 6.32 Å². The molecule has 0 aliphatic rings. The predicted octanol–water partition coefficient (Wildman–Crippen LogP) is 2.53. The zero-order valence-electron chi connectivity index (χ0n) is 9.49. The van der Waals surface area contributed by atoms with E-state index in [1.54, 1.807) is 14.2 Å². The van der Waals surface area contributed by atoms with Gasteiger partial charge in [-0.2, -0.15) is 0 Å². The number of methoxy groups -OCH3 is 2. The first-order valence-electron chi connectivity index (χ1n) is 5.14. The molecular weight excluding hydrogens is 199 g/mol. The van der Waals surface area contributed by atoms with Crippen LogP contribution in [0.1, 0.15) is 5.56 Å². The van der Waals surface area contributed by atoms with Gasteiger partial charge < -0.3 is 9.47 Å². The second-order valence-corrected chi connectivity index (χ2v) is 3.52. The summed E-state index contributed by atoms with van der Waals surface area (Å²) in [4.78, 5) is 0. The molecule has 2 radical (unpaired) electrons. The monoisotopic (exact) mass is 212 g/mol. The summed E-state index contributed by atoms with van der Waals surface area (Å²) in [6, 6.07) is 9.91. The van der Waals surface area contributed by atoms with E-state index in [0.29, 0.717) is 6.32 Å². The molecule has 2 rings (SSSR count). The minimum atomic E-state index is 0.435. The fourth-order valence-corrected chi connectivity index (χ4v) is 1.93. The average molecular weight is 212 g/mol. The molecule has 80 valence electrons. The molecule has 0 atom stereocenters. The van der Waals surface area contributed by atoms with E-state index < -0.39 is 0 Å². The van der Waals surface area contributed by atoms with Crippen LogP contribution in [-0.2, 0) is 6.32 Å². The molecule has 0 fully saturated rings. The van der Waals surface area contributed by atoms with Crippen molar-refractivity contribution >= 4 is 18.6 Å². The first kappa shape index (κ1) is 10.9. The van der Waals surface area contributed by atoms with Crippen molar-refractivity contribution in [2.75, 3.05) is 14.2 Å². The lowest BCUT2D eigenvalue weighted by Gasteiger charge is -2.14. The van der Waals surface area contributed by atoms with E-state index in [4.69, 9.17) is 17.3 Å². The molecule has 0 aliphatic heterocycles. The van der Waals surface area contributed by atoms with E-state index in [1.807, 2.05) is 30.3 Å². The number of fused-ring (bicyclic) bond motifs is 1. The quantitative estimate of drug-likeness (QED) is 0.727. The topological polar surface area (TPSA) is 18.5 Å². The molecule has 0 aliphatic carbocycles. The number of benzene rings is 2. The Morgan fingerprint density at radius 2 is 1.75 bits per heavy atom. The normalized spacial score (nSPS) is 10.4. The van der Waals surface area contributed by atoms with Crippen molar-refractivity contribution in [2.24, 2.45) is 0 Å². The van der Waals surface area contributed by atoms with E-state index in [-0.39, 0.29) is 0 Å². The fourth-order valence-electron chi connectivity index (χ4n) is 1.93. The maximum Gasteiger partial charge on any atom is 0.129 e. The minimum absolute atomic E-state index is 0.435. The molecular formula is C13H13BO2. The Labute approximate surface area is 96.6 Å². The molecule has 0 bridgehead atoms. The van der Waals surface area contributed by atoms with Gasteiger partial charge in [-0.1, -0.05) is 30.6 Å². The summed E-state index contributed by atoms with van der Waals surface area (Å²) in [5.74, 6) is 1.66. The molecule has 2 aromatic rings. The molecule has 0 unspecified atom stereocenters. The summed E-state index contributed by atoms with van der Waals surface area (Å²) in [6.45, 7) is 0. The molecule has 0 saturated carbocycles. The van der Waals surface area contributed by atoms with E-state index >= 15 is 0 Å². The highest BCUT2D eigenvalue weighted by Crippen LogP contribution is 2.36. The molecule has 0 spiro atoms. The van der Waals surface area contributed by atoms with Crippen LogP contribution in [0.4, 0.5) is 0 Å². The SMILES string of the molecule is [B]Cc1cc(OC)c2ccccc2c1OC. The molecule has 0 N–H and O–H groups in total. The Kier molecular flexibility index (Phi) is 3.04. The summed E-state index contributed by atoms with van der Waals surface area (Å²) in [7, 11) is 9.03. The number of ether oxygens (including phenoxy) is 2. The fraction of sp³-hybridized carbons (Fsp3) is 0.231. The largest absolute Gasteiger partial charge is 0.496 e. The van der Waals surface area contributed by atoms with Crippen molar-refractivity contribution in [1.29, 1.82) is 0 Å². The zero-order valence-corrected chi connectivity index (χ0v) is 9.49. The summed E-state index contributed by atoms with van der Waals surface area (Å²) in [5, 5.41) is 2.07. The smallest absolute Gasteiger partial charge is 0.129 e. The van der Waals surface area contributed by atoms with Crippen LogP contribution in [0.2, 0.25) is 0 Å². The van der Waals surface area contributed by atoms with Gasteiger partial charge >= 0.3 is 0 Å². The third-order valence-electron chi connectivity index (χ3n) is 2.68. The molecule has 0 heterocycles. The van der Waals surface area contributed by atoms with Crippen molar-refractivity contribution in [3.63, 3.8) is 0 Å². The van der Waals surface area contributed by atoms with Gasteiger partial charge in [-0.3, -0.25) is 0 Å². The first-order chi connectivity index (χ1) is 7.81. The summed E-state index contributed by atoms with van der Waals surface area (Å²) in [6.07, 6.45) is 0.435. The Morgan fingerprint density at radius 3 is 2.31 bits per heavy atom. The van der Waals surface area contributed by atoms with E-state index in [9.17, 15) is 0 Å². The van der Waals surface area contributed by atoms with Crippen LogP contribution in [-0.4, -0.2) is 22.1 Å². The molecule has 3 heteroatoms. The Bertz CT molecular complexity index is 509. The van der Waals surface area contributed by atoms with Crippen LogP contribution in [0.5, 0.6) is 11.5 Å². The van der Waals surface area contributed by atoms with Crippen molar-refractivity contribution < 1.29 is 9.47 Å². The molecule has 2 aromatic carbocycles. The minimum Gasteiger partial charge on any atom is -0.496 e. The first-order valence-corrected chi connectivity index (χ1v) is 5.14. The highest BCUT2D eigenvalue weighted by Gasteiger charge is 2.11. The Balaban J connectivity index is 2.83. The zero-order chi connectivity index (χ0) is 11.5. The average Bonchev–Trinajstić information content (AvgIpc) is 2.36.